The zero-order chi connectivity index (χ0) is 26.5. The Hall–Kier alpha value is -3.51. The molecule has 2 aromatic carbocycles. The molecule has 0 spiro atoms. The van der Waals surface area contributed by atoms with Gasteiger partial charge in [-0.25, -0.2) is 0 Å². The third kappa shape index (κ3) is 6.08. The van der Waals surface area contributed by atoms with Gasteiger partial charge in [-0.05, 0) is 61.5 Å². The fourth-order valence-corrected chi connectivity index (χ4v) is 5.89. The zero-order valence-electron chi connectivity index (χ0n) is 20.5. The molecule has 0 bridgehead atoms. The van der Waals surface area contributed by atoms with Gasteiger partial charge in [-0.1, -0.05) is 53.7 Å². The topological polar surface area (TPSA) is 94.0 Å². The molecule has 2 heterocycles. The van der Waals surface area contributed by atoms with Gasteiger partial charge >= 0.3 is 0 Å². The van der Waals surface area contributed by atoms with Gasteiger partial charge in [-0.2, -0.15) is 5.26 Å². The van der Waals surface area contributed by atoms with Crippen LogP contribution in [0.5, 0.6) is 0 Å². The predicted molar refractivity (Wildman–Crippen MR) is 153 cm³/mol. The molecule has 0 saturated carbocycles. The summed E-state index contributed by atoms with van der Waals surface area (Å²) >= 11 is 8.88. The van der Waals surface area contributed by atoms with Crippen LogP contribution in [0.3, 0.4) is 0 Å². The summed E-state index contributed by atoms with van der Waals surface area (Å²) in [5, 5.41) is 22.3. The minimum Gasteiger partial charge on any atom is -0.353 e. The summed E-state index contributed by atoms with van der Waals surface area (Å²) in [4.78, 5) is 27.0. The van der Waals surface area contributed by atoms with Gasteiger partial charge in [0.2, 0.25) is 5.91 Å². The molecule has 0 radical (unpaired) electrons. The van der Waals surface area contributed by atoms with E-state index in [0.29, 0.717) is 38.3 Å². The first-order valence-electron chi connectivity index (χ1n) is 11.5. The van der Waals surface area contributed by atoms with Crippen LogP contribution in [-0.4, -0.2) is 17.6 Å². The summed E-state index contributed by atoms with van der Waals surface area (Å²) in [7, 11) is 0. The molecule has 1 aromatic heterocycles. The van der Waals surface area contributed by atoms with Crippen LogP contribution >= 0.6 is 34.7 Å². The number of rotatable bonds is 7. The van der Waals surface area contributed by atoms with Crippen molar-refractivity contribution in [1.82, 2.24) is 5.32 Å². The van der Waals surface area contributed by atoms with Crippen LogP contribution in [-0.2, 0) is 9.59 Å². The number of benzene rings is 2. The SMILES string of the molecule is CC1=C(C(=O)Nc2ccccc2C)C(c2cccs2)C(C#N)=C(SCC(=O)Nc2ccc(C)c(Cl)c2)N1. The fourth-order valence-electron chi connectivity index (χ4n) is 3.98. The third-order valence-electron chi connectivity index (χ3n) is 5.92. The summed E-state index contributed by atoms with van der Waals surface area (Å²) in [6.45, 7) is 5.64. The number of carbonyl (C=O) groups excluding carboxylic acids is 2. The monoisotopic (exact) mass is 548 g/mol. The van der Waals surface area contributed by atoms with Crippen LogP contribution in [0.25, 0.3) is 0 Å². The first kappa shape index (κ1) is 26.6. The van der Waals surface area contributed by atoms with Gasteiger partial charge in [-0.15, -0.1) is 11.3 Å². The van der Waals surface area contributed by atoms with Crippen molar-refractivity contribution < 1.29 is 9.59 Å². The van der Waals surface area contributed by atoms with Crippen molar-refractivity contribution >= 4 is 57.9 Å². The minimum absolute atomic E-state index is 0.0776. The Morgan fingerprint density at radius 1 is 1.08 bits per heavy atom. The molecule has 37 heavy (non-hydrogen) atoms. The van der Waals surface area contributed by atoms with Crippen LogP contribution in [0.1, 0.15) is 28.8 Å². The Labute approximate surface area is 229 Å². The van der Waals surface area contributed by atoms with Crippen LogP contribution in [0.4, 0.5) is 11.4 Å². The summed E-state index contributed by atoms with van der Waals surface area (Å²) in [5.74, 6) is -0.970. The van der Waals surface area contributed by atoms with Gasteiger partial charge < -0.3 is 16.0 Å². The molecule has 188 valence electrons. The molecule has 9 heteroatoms. The number of hydrogen-bond acceptors (Lipinski definition) is 6. The number of thiophene rings is 1. The van der Waals surface area contributed by atoms with Gasteiger partial charge in [0.1, 0.15) is 0 Å². The molecule has 1 aliphatic heterocycles. The highest BCUT2D eigenvalue weighted by molar-refractivity contribution is 8.03. The van der Waals surface area contributed by atoms with E-state index < -0.39 is 5.92 Å². The van der Waals surface area contributed by atoms with E-state index in [4.69, 9.17) is 11.6 Å². The van der Waals surface area contributed by atoms with E-state index in [1.807, 2.05) is 68.6 Å². The van der Waals surface area contributed by atoms with Crippen molar-refractivity contribution in [3.8, 4) is 6.07 Å². The number of hydrogen-bond donors (Lipinski definition) is 3. The molecule has 3 aromatic rings. The summed E-state index contributed by atoms with van der Waals surface area (Å²) in [5.41, 5.74) is 4.71. The number of para-hydroxylation sites is 1. The van der Waals surface area contributed by atoms with E-state index in [9.17, 15) is 14.9 Å². The van der Waals surface area contributed by atoms with Gasteiger partial charge in [0, 0.05) is 32.5 Å². The first-order valence-corrected chi connectivity index (χ1v) is 13.7. The van der Waals surface area contributed by atoms with Gasteiger partial charge in [0.05, 0.1) is 28.3 Å². The molecule has 2 amide bonds. The number of dihydropyridines is 1. The van der Waals surface area contributed by atoms with Crippen molar-refractivity contribution in [3.05, 3.63) is 103 Å². The number of amides is 2. The van der Waals surface area contributed by atoms with Crippen molar-refractivity contribution in [2.75, 3.05) is 16.4 Å². The molecular weight excluding hydrogens is 524 g/mol. The Bertz CT molecular complexity index is 1460. The predicted octanol–water partition coefficient (Wildman–Crippen LogP) is 6.72. The van der Waals surface area contributed by atoms with Crippen molar-refractivity contribution in [2.24, 2.45) is 0 Å². The Balaban J connectivity index is 1.58. The highest BCUT2D eigenvalue weighted by Gasteiger charge is 2.35. The van der Waals surface area contributed by atoms with Crippen LogP contribution < -0.4 is 16.0 Å². The Kier molecular flexibility index (Phi) is 8.39. The Morgan fingerprint density at radius 2 is 1.86 bits per heavy atom. The van der Waals surface area contributed by atoms with Gasteiger partial charge in [0.25, 0.3) is 5.91 Å². The molecular formula is C28H25ClN4O2S2. The molecule has 1 atom stereocenters. The fraction of sp³-hybridized carbons (Fsp3) is 0.179. The Morgan fingerprint density at radius 3 is 2.54 bits per heavy atom. The number of nitriles is 1. The average molecular weight is 549 g/mol. The number of halogens is 1. The number of nitrogens with one attached hydrogen (secondary N) is 3. The number of carbonyl (C=O) groups is 2. The highest BCUT2D eigenvalue weighted by Crippen LogP contribution is 2.42. The second-order valence-corrected chi connectivity index (χ2v) is 10.9. The van der Waals surface area contributed by atoms with Crippen LogP contribution in [0.15, 0.2) is 81.8 Å². The van der Waals surface area contributed by atoms with Crippen molar-refractivity contribution in [1.29, 1.82) is 5.26 Å². The molecule has 3 N–H and O–H groups in total. The quantitative estimate of drug-likeness (QED) is 0.304. The summed E-state index contributed by atoms with van der Waals surface area (Å²) < 4.78 is 0. The molecule has 0 aliphatic carbocycles. The second-order valence-electron chi connectivity index (χ2n) is 8.54. The highest BCUT2D eigenvalue weighted by atomic mass is 35.5. The van der Waals surface area contributed by atoms with Crippen LogP contribution in [0.2, 0.25) is 5.02 Å². The van der Waals surface area contributed by atoms with E-state index in [2.05, 4.69) is 22.0 Å². The summed E-state index contributed by atoms with van der Waals surface area (Å²) in [6, 6.07) is 19.0. The number of anilines is 2. The normalized spacial score (nSPS) is 15.2. The number of aryl methyl sites for hydroxylation is 2. The van der Waals surface area contributed by atoms with Gasteiger partial charge in [0.15, 0.2) is 0 Å². The maximum Gasteiger partial charge on any atom is 0.254 e. The molecule has 1 unspecified atom stereocenters. The molecule has 1 aliphatic rings. The lowest BCUT2D eigenvalue weighted by Gasteiger charge is -2.29. The molecule has 0 fully saturated rings. The second kappa shape index (κ2) is 11.7. The lowest BCUT2D eigenvalue weighted by Crippen LogP contribution is -2.31. The smallest absolute Gasteiger partial charge is 0.254 e. The number of nitrogens with zero attached hydrogens (tertiary/aromatic N) is 1. The lowest BCUT2D eigenvalue weighted by molar-refractivity contribution is -0.114. The first-order chi connectivity index (χ1) is 17.8. The molecule has 6 nitrogen and oxygen atoms in total. The van der Waals surface area contributed by atoms with E-state index >= 15 is 0 Å². The average Bonchev–Trinajstić information content (AvgIpc) is 3.40. The lowest BCUT2D eigenvalue weighted by atomic mass is 9.86. The van der Waals surface area contributed by atoms with Gasteiger partial charge in [-0.3, -0.25) is 9.59 Å². The standard InChI is InChI=1S/C28H25ClN4O2S2/c1-16-10-11-19(13-21(16)29)32-24(34)15-37-28-20(14-30)26(23-9-6-12-36-23)25(18(3)31-28)27(35)33-22-8-5-4-7-17(22)2/h4-13,26,31H,15H2,1-3H3,(H,32,34)(H,33,35). The van der Waals surface area contributed by atoms with Crippen molar-refractivity contribution in [2.45, 2.75) is 26.7 Å². The van der Waals surface area contributed by atoms with E-state index in [1.54, 1.807) is 12.1 Å². The summed E-state index contributed by atoms with van der Waals surface area (Å²) in [6.07, 6.45) is 0. The van der Waals surface area contributed by atoms with E-state index in [1.165, 1.54) is 23.1 Å². The maximum absolute atomic E-state index is 13.5. The third-order valence-corrected chi connectivity index (χ3v) is 8.28. The molecule has 0 saturated heterocycles. The van der Waals surface area contributed by atoms with Crippen LogP contribution in [0, 0.1) is 25.2 Å². The van der Waals surface area contributed by atoms with E-state index in [0.717, 1.165) is 16.0 Å². The number of allylic oxidation sites excluding steroid dienone is 2. The van der Waals surface area contributed by atoms with Crippen molar-refractivity contribution in [3.63, 3.8) is 0 Å². The minimum atomic E-state index is -0.545. The number of thioether (sulfide) groups is 1. The largest absolute Gasteiger partial charge is 0.353 e. The molecule has 4 rings (SSSR count). The maximum atomic E-state index is 13.5. The van der Waals surface area contributed by atoms with E-state index in [-0.39, 0.29) is 17.6 Å². The zero-order valence-corrected chi connectivity index (χ0v) is 22.9.